The third-order valence-corrected chi connectivity index (χ3v) is 4.43. The molecule has 0 aromatic carbocycles. The highest BCUT2D eigenvalue weighted by molar-refractivity contribution is 9.10. The Bertz CT molecular complexity index is 576. The molecule has 1 fully saturated rings. The summed E-state index contributed by atoms with van der Waals surface area (Å²) in [4.78, 5) is 11.1. The lowest BCUT2D eigenvalue weighted by Crippen LogP contribution is -2.32. The van der Waals surface area contributed by atoms with Crippen LogP contribution >= 0.6 is 15.9 Å². The number of imidazole rings is 1. The number of hydrogen-bond acceptors (Lipinski definition) is 4. The van der Waals surface area contributed by atoms with Crippen LogP contribution < -0.4 is 5.32 Å². The first-order valence-corrected chi connectivity index (χ1v) is 8.53. The maximum atomic E-state index is 4.36. The van der Waals surface area contributed by atoms with Gasteiger partial charge in [-0.2, -0.15) is 0 Å². The van der Waals surface area contributed by atoms with Crippen LogP contribution in [0.4, 0.5) is 0 Å². The van der Waals surface area contributed by atoms with Gasteiger partial charge in [0.1, 0.15) is 4.60 Å². The monoisotopic (exact) mass is 351 g/mol. The van der Waals surface area contributed by atoms with Crippen LogP contribution in [0.5, 0.6) is 0 Å². The summed E-state index contributed by atoms with van der Waals surface area (Å²) < 4.78 is 2.91. The second kappa shape index (κ2) is 7.33. The van der Waals surface area contributed by atoms with Gasteiger partial charge in [0.25, 0.3) is 0 Å². The number of aromatic nitrogens is 3. The minimum Gasteiger partial charge on any atom is -0.311 e. The Balaban J connectivity index is 1.43. The van der Waals surface area contributed by atoms with E-state index in [-0.39, 0.29) is 0 Å². The van der Waals surface area contributed by atoms with E-state index in [4.69, 9.17) is 0 Å². The Morgan fingerprint density at radius 3 is 2.86 bits per heavy atom. The molecular weight excluding hydrogens is 330 g/mol. The van der Waals surface area contributed by atoms with Gasteiger partial charge in [0, 0.05) is 12.7 Å². The predicted octanol–water partition coefficient (Wildman–Crippen LogP) is 2.46. The molecule has 0 bridgehead atoms. The number of fused-ring (bicyclic) bond motifs is 1. The van der Waals surface area contributed by atoms with E-state index in [1.54, 1.807) is 6.20 Å². The van der Waals surface area contributed by atoms with Crippen molar-refractivity contribution in [2.75, 3.05) is 26.2 Å². The Morgan fingerprint density at radius 1 is 1.14 bits per heavy atom. The third kappa shape index (κ3) is 4.02. The summed E-state index contributed by atoms with van der Waals surface area (Å²) in [6.45, 7) is 5.69. The number of nitrogens with zero attached hydrogens (tertiary/aromatic N) is 4. The molecule has 2 aromatic heterocycles. The number of hydrogen-bond donors (Lipinski definition) is 1. The van der Waals surface area contributed by atoms with Crippen molar-refractivity contribution < 1.29 is 0 Å². The summed E-state index contributed by atoms with van der Waals surface area (Å²) in [7, 11) is 0. The Morgan fingerprint density at radius 2 is 2.00 bits per heavy atom. The molecule has 1 aliphatic rings. The van der Waals surface area contributed by atoms with Crippen LogP contribution in [0.1, 0.15) is 31.4 Å². The molecule has 0 spiro atoms. The summed E-state index contributed by atoms with van der Waals surface area (Å²) in [5.74, 6) is 0. The Labute approximate surface area is 133 Å². The van der Waals surface area contributed by atoms with Gasteiger partial charge in [0.15, 0.2) is 5.65 Å². The fourth-order valence-corrected chi connectivity index (χ4v) is 3.18. The molecule has 2 aromatic rings. The van der Waals surface area contributed by atoms with Gasteiger partial charge in [0.05, 0.1) is 18.1 Å². The quantitative estimate of drug-likeness (QED) is 0.812. The molecule has 0 unspecified atom stereocenters. The maximum Gasteiger partial charge on any atom is 0.155 e. The average molecular weight is 352 g/mol. The summed E-state index contributed by atoms with van der Waals surface area (Å²) in [5.41, 5.74) is 2.06. The molecule has 5 nitrogen and oxygen atoms in total. The van der Waals surface area contributed by atoms with Gasteiger partial charge in [-0.1, -0.05) is 6.42 Å². The second-order valence-electron chi connectivity index (χ2n) is 5.62. The summed E-state index contributed by atoms with van der Waals surface area (Å²) in [5, 5.41) is 3.52. The molecule has 6 heteroatoms. The van der Waals surface area contributed by atoms with Crippen molar-refractivity contribution in [2.45, 2.75) is 32.2 Å². The van der Waals surface area contributed by atoms with Crippen LogP contribution in [0.3, 0.4) is 0 Å². The lowest BCUT2D eigenvalue weighted by Gasteiger charge is -2.26. The van der Waals surface area contributed by atoms with Crippen molar-refractivity contribution in [3.8, 4) is 0 Å². The minimum atomic E-state index is 0.833. The fraction of sp³-hybridized carbons (Fsp3) is 0.600. The van der Waals surface area contributed by atoms with E-state index in [2.05, 4.69) is 40.5 Å². The number of likely N-dealkylation sites (tertiary alicyclic amines) is 1. The first kappa shape index (κ1) is 14.9. The summed E-state index contributed by atoms with van der Waals surface area (Å²) >= 11 is 3.40. The van der Waals surface area contributed by atoms with Crippen LogP contribution in [0.15, 0.2) is 23.2 Å². The topological polar surface area (TPSA) is 45.5 Å². The fourth-order valence-electron chi connectivity index (χ4n) is 2.87. The first-order chi connectivity index (χ1) is 10.3. The van der Waals surface area contributed by atoms with E-state index in [0.29, 0.717) is 0 Å². The van der Waals surface area contributed by atoms with Crippen molar-refractivity contribution in [3.05, 3.63) is 28.9 Å². The molecule has 1 saturated heterocycles. The molecule has 3 heterocycles. The van der Waals surface area contributed by atoms with Crippen molar-refractivity contribution >= 4 is 21.6 Å². The molecule has 0 atom stereocenters. The van der Waals surface area contributed by atoms with E-state index >= 15 is 0 Å². The Kier molecular flexibility index (Phi) is 5.22. The zero-order valence-electron chi connectivity index (χ0n) is 12.3. The first-order valence-electron chi connectivity index (χ1n) is 7.73. The lowest BCUT2D eigenvalue weighted by atomic mass is 10.1. The van der Waals surface area contributed by atoms with Crippen LogP contribution in [0, 0.1) is 0 Å². The molecular formula is C15H22BrN5. The summed E-state index contributed by atoms with van der Waals surface area (Å²) in [6.07, 6.45) is 11.0. The highest BCUT2D eigenvalue weighted by atomic mass is 79.9. The Hall–Kier alpha value is -0.980. The third-order valence-electron chi connectivity index (χ3n) is 4.02. The van der Waals surface area contributed by atoms with Crippen LogP contribution in [-0.2, 0) is 6.54 Å². The van der Waals surface area contributed by atoms with Gasteiger partial charge in [-0.15, -0.1) is 0 Å². The average Bonchev–Trinajstić information content (AvgIpc) is 2.90. The van der Waals surface area contributed by atoms with Gasteiger partial charge in [-0.25, -0.2) is 9.97 Å². The second-order valence-corrected chi connectivity index (χ2v) is 6.43. The number of rotatable bonds is 6. The zero-order chi connectivity index (χ0) is 14.5. The predicted molar refractivity (Wildman–Crippen MR) is 87.3 cm³/mol. The van der Waals surface area contributed by atoms with Crippen LogP contribution in [-0.4, -0.2) is 45.4 Å². The van der Waals surface area contributed by atoms with Crippen LogP contribution in [0.2, 0.25) is 0 Å². The highest BCUT2D eigenvalue weighted by Gasteiger charge is 2.09. The number of nitrogens with one attached hydrogen (secondary N) is 1. The van der Waals surface area contributed by atoms with Gasteiger partial charge in [0.2, 0.25) is 0 Å². The van der Waals surface area contributed by atoms with Gasteiger partial charge < -0.3 is 10.2 Å². The van der Waals surface area contributed by atoms with Gasteiger partial charge >= 0.3 is 0 Å². The van der Waals surface area contributed by atoms with Crippen molar-refractivity contribution in [2.24, 2.45) is 0 Å². The van der Waals surface area contributed by atoms with E-state index in [9.17, 15) is 0 Å². The largest absolute Gasteiger partial charge is 0.311 e. The highest BCUT2D eigenvalue weighted by Crippen LogP contribution is 2.11. The van der Waals surface area contributed by atoms with Gasteiger partial charge in [-0.05, 0) is 61.4 Å². The zero-order valence-corrected chi connectivity index (χ0v) is 13.8. The van der Waals surface area contributed by atoms with E-state index in [0.717, 1.165) is 23.3 Å². The van der Waals surface area contributed by atoms with Gasteiger partial charge in [-0.3, -0.25) is 4.40 Å². The van der Waals surface area contributed by atoms with Crippen molar-refractivity contribution in [3.63, 3.8) is 0 Å². The van der Waals surface area contributed by atoms with E-state index in [1.165, 1.54) is 51.0 Å². The molecule has 21 heavy (non-hydrogen) atoms. The molecule has 0 amide bonds. The molecule has 1 N–H and O–H groups in total. The van der Waals surface area contributed by atoms with E-state index < -0.39 is 0 Å². The van der Waals surface area contributed by atoms with Crippen LogP contribution in [0.25, 0.3) is 5.65 Å². The maximum absolute atomic E-state index is 4.36. The molecule has 3 rings (SSSR count). The lowest BCUT2D eigenvalue weighted by molar-refractivity contribution is 0.225. The molecule has 0 radical (unpaired) electrons. The number of halogens is 1. The smallest absolute Gasteiger partial charge is 0.155 e. The minimum absolute atomic E-state index is 0.833. The van der Waals surface area contributed by atoms with Crippen molar-refractivity contribution in [1.82, 2.24) is 24.6 Å². The molecule has 1 aliphatic heterocycles. The molecule has 0 aliphatic carbocycles. The molecule has 114 valence electrons. The SMILES string of the molecule is Brc1cn2c(CNCCCN3CCCCC3)cnc2cn1. The molecule has 0 saturated carbocycles. The van der Waals surface area contributed by atoms with E-state index in [1.807, 2.05) is 12.4 Å². The van der Waals surface area contributed by atoms with Crippen molar-refractivity contribution in [1.29, 1.82) is 0 Å². The normalized spacial score (nSPS) is 16.6. The summed E-state index contributed by atoms with van der Waals surface area (Å²) in [6, 6.07) is 0. The standard InChI is InChI=1S/C15H22BrN5/c16-14-12-21-13(10-19-15(21)11-18-14)9-17-5-4-8-20-6-2-1-3-7-20/h10-12,17H,1-9H2. The number of piperidine rings is 1.